The Labute approximate surface area is 135 Å². The summed E-state index contributed by atoms with van der Waals surface area (Å²) in [5.74, 6) is 0. The third-order valence-corrected chi connectivity index (χ3v) is 1.88. The summed E-state index contributed by atoms with van der Waals surface area (Å²) < 4.78 is 0.0833. The molecule has 2 rings (SSSR count). The first-order valence-electron chi connectivity index (χ1n) is 4.77. The molecule has 2 aromatic rings. The van der Waals surface area contributed by atoms with Gasteiger partial charge in [-0.2, -0.15) is 0 Å². The summed E-state index contributed by atoms with van der Waals surface area (Å²) in [5, 5.41) is 0. The van der Waals surface area contributed by atoms with Crippen LogP contribution in [-0.4, -0.2) is 4.32 Å². The van der Waals surface area contributed by atoms with E-state index in [1.165, 1.54) is 11.1 Å². The minimum absolute atomic E-state index is 0. The van der Waals surface area contributed by atoms with Gasteiger partial charge in [0.2, 0.25) is 0 Å². The molecule has 0 aromatic heterocycles. The Morgan fingerprint density at radius 1 is 0.824 bits per heavy atom. The molecule has 0 aliphatic carbocycles. The van der Waals surface area contributed by atoms with E-state index in [9.17, 15) is 0 Å². The molecule has 0 atom stereocenters. The van der Waals surface area contributed by atoms with Gasteiger partial charge in [0, 0.05) is 0 Å². The molecule has 0 amide bonds. The van der Waals surface area contributed by atoms with Gasteiger partial charge >= 0.3 is 29.6 Å². The van der Waals surface area contributed by atoms with Crippen LogP contribution in [0, 0.1) is 0 Å². The molecular formula is C13H12NNaS2. The van der Waals surface area contributed by atoms with Crippen molar-refractivity contribution in [2.24, 2.45) is 5.73 Å². The largest absolute Gasteiger partial charge is 1.00 e. The molecule has 0 radical (unpaired) electrons. The maximum Gasteiger partial charge on any atom is 1.00 e. The summed E-state index contributed by atoms with van der Waals surface area (Å²) in [6.07, 6.45) is 0. The van der Waals surface area contributed by atoms with Crippen molar-refractivity contribution in [2.45, 2.75) is 0 Å². The third-order valence-electron chi connectivity index (χ3n) is 1.88. The predicted molar refractivity (Wildman–Crippen MR) is 76.0 cm³/mol. The fourth-order valence-electron chi connectivity index (χ4n) is 1.26. The second kappa shape index (κ2) is 9.57. The van der Waals surface area contributed by atoms with Gasteiger partial charge in [-0.05, 0) is 11.1 Å². The van der Waals surface area contributed by atoms with Crippen LogP contribution in [0.25, 0.3) is 11.1 Å². The van der Waals surface area contributed by atoms with Crippen molar-refractivity contribution in [3.63, 3.8) is 0 Å². The zero-order chi connectivity index (χ0) is 11.8. The minimum atomic E-state index is 0. The van der Waals surface area contributed by atoms with E-state index >= 15 is 0 Å². The first kappa shape index (κ1) is 16.6. The van der Waals surface area contributed by atoms with Gasteiger partial charge in [0.1, 0.15) is 0 Å². The summed E-state index contributed by atoms with van der Waals surface area (Å²) in [4.78, 5) is 0. The van der Waals surface area contributed by atoms with Crippen molar-refractivity contribution in [2.75, 3.05) is 0 Å². The summed E-state index contributed by atoms with van der Waals surface area (Å²) in [7, 11) is 0. The molecule has 0 aliphatic rings. The van der Waals surface area contributed by atoms with Gasteiger partial charge in [0.05, 0.1) is 0 Å². The summed E-state index contributed by atoms with van der Waals surface area (Å²) >= 11 is 8.26. The summed E-state index contributed by atoms with van der Waals surface area (Å²) in [5.41, 5.74) is 7.21. The van der Waals surface area contributed by atoms with Crippen LogP contribution in [0.4, 0.5) is 0 Å². The molecule has 0 heterocycles. The Balaban J connectivity index is 0.000000453. The molecule has 17 heavy (non-hydrogen) atoms. The molecule has 0 aliphatic heterocycles. The number of hydrogen-bond donors (Lipinski definition) is 1. The molecule has 2 N–H and O–H groups in total. The van der Waals surface area contributed by atoms with E-state index in [0.29, 0.717) is 0 Å². The monoisotopic (exact) mass is 269 g/mol. The van der Waals surface area contributed by atoms with Crippen molar-refractivity contribution < 1.29 is 29.6 Å². The van der Waals surface area contributed by atoms with E-state index in [-0.39, 0.29) is 33.9 Å². The van der Waals surface area contributed by atoms with Crippen LogP contribution in [0.1, 0.15) is 0 Å². The van der Waals surface area contributed by atoms with Crippen molar-refractivity contribution in [1.82, 2.24) is 0 Å². The van der Waals surface area contributed by atoms with E-state index in [2.05, 4.69) is 79.1 Å². The van der Waals surface area contributed by atoms with E-state index in [0.717, 1.165) is 0 Å². The average Bonchev–Trinajstić information content (AvgIpc) is 2.31. The van der Waals surface area contributed by atoms with Crippen LogP contribution in [0.15, 0.2) is 60.7 Å². The maximum atomic E-state index is 4.66. The molecule has 0 fully saturated rings. The van der Waals surface area contributed by atoms with Crippen molar-refractivity contribution >= 4 is 29.2 Å². The summed E-state index contributed by atoms with van der Waals surface area (Å²) in [6, 6.07) is 20.8. The van der Waals surface area contributed by atoms with Gasteiger partial charge in [-0.15, -0.1) is 0 Å². The Morgan fingerprint density at radius 2 is 1.06 bits per heavy atom. The molecule has 0 saturated heterocycles. The fourth-order valence-corrected chi connectivity index (χ4v) is 1.26. The Hall–Kier alpha value is -0.450. The second-order valence-corrected chi connectivity index (χ2v) is 4.19. The quantitative estimate of drug-likeness (QED) is 0.453. The van der Waals surface area contributed by atoms with Crippen LogP contribution < -0.4 is 35.3 Å². The Bertz CT molecular complexity index is 390. The molecule has 1 nitrogen and oxygen atoms in total. The van der Waals surface area contributed by atoms with Crippen molar-refractivity contribution in [3.05, 3.63) is 60.7 Å². The smallest absolute Gasteiger partial charge is 0.415 e. The Kier molecular flexibility index (Phi) is 9.31. The van der Waals surface area contributed by atoms with Crippen LogP contribution in [0.2, 0.25) is 0 Å². The zero-order valence-corrected chi connectivity index (χ0v) is 13.3. The van der Waals surface area contributed by atoms with Gasteiger partial charge in [-0.25, -0.2) is 0 Å². The number of benzene rings is 2. The normalized spacial score (nSPS) is 8.24. The molecule has 0 bridgehead atoms. The number of rotatable bonds is 1. The van der Waals surface area contributed by atoms with Gasteiger partial charge in [0.25, 0.3) is 0 Å². The van der Waals surface area contributed by atoms with E-state index in [1.807, 2.05) is 12.1 Å². The van der Waals surface area contributed by atoms with Crippen LogP contribution >= 0.6 is 12.2 Å². The molecule has 82 valence electrons. The third kappa shape index (κ3) is 7.47. The summed E-state index contributed by atoms with van der Waals surface area (Å²) in [6.45, 7) is 0. The zero-order valence-electron chi connectivity index (χ0n) is 9.67. The molecule has 0 saturated carbocycles. The van der Waals surface area contributed by atoms with Crippen LogP contribution in [0.3, 0.4) is 0 Å². The van der Waals surface area contributed by atoms with E-state index in [4.69, 9.17) is 0 Å². The van der Waals surface area contributed by atoms with Gasteiger partial charge < -0.3 is 30.6 Å². The molecule has 4 heteroatoms. The van der Waals surface area contributed by atoms with Crippen molar-refractivity contribution in [1.29, 1.82) is 0 Å². The van der Waals surface area contributed by atoms with Crippen LogP contribution in [-0.2, 0) is 12.6 Å². The van der Waals surface area contributed by atoms with Crippen molar-refractivity contribution in [3.8, 4) is 11.1 Å². The van der Waals surface area contributed by atoms with E-state index < -0.39 is 0 Å². The number of hydrogen-bond acceptors (Lipinski definition) is 2. The molecule has 2 aromatic carbocycles. The topological polar surface area (TPSA) is 26.0 Å². The number of nitrogens with two attached hydrogens (primary N) is 1. The van der Waals surface area contributed by atoms with Gasteiger partial charge in [-0.1, -0.05) is 65.0 Å². The molecular weight excluding hydrogens is 257 g/mol. The second-order valence-electron chi connectivity index (χ2n) is 3.05. The van der Waals surface area contributed by atoms with Crippen LogP contribution in [0.5, 0.6) is 0 Å². The van der Waals surface area contributed by atoms with Gasteiger partial charge in [-0.3, -0.25) is 0 Å². The number of thiocarbonyl (C=S) groups is 1. The first-order valence-corrected chi connectivity index (χ1v) is 5.58. The SMILES string of the molecule is NC(=S)[S-].[Na+].c1ccc(-c2ccccc2)cc1. The molecule has 0 spiro atoms. The van der Waals surface area contributed by atoms with Gasteiger partial charge in [0.15, 0.2) is 0 Å². The maximum absolute atomic E-state index is 4.66. The fraction of sp³-hybridized carbons (Fsp3) is 0. The average molecular weight is 269 g/mol. The minimum Gasteiger partial charge on any atom is -0.415 e. The van der Waals surface area contributed by atoms with E-state index in [1.54, 1.807) is 0 Å². The predicted octanol–water partition coefficient (Wildman–Crippen LogP) is 0.135. The first-order chi connectivity index (χ1) is 7.70. The molecule has 0 unspecified atom stereocenters. The Morgan fingerprint density at radius 3 is 1.29 bits per heavy atom. The standard InChI is InChI=1S/C12H10.CH3NS2.Na/c1-3-7-11(8-4-1)12-9-5-2-6-10-12;2-1(3)4;/h1-10H;(H3,2,3,4);/q;;+1/p-1.